The molecule has 1 aromatic rings. The molecule has 1 heterocycles. The molecule has 2 rings (SSSR count). The van der Waals surface area contributed by atoms with Crippen molar-refractivity contribution < 1.29 is 19.0 Å². The van der Waals surface area contributed by atoms with Gasteiger partial charge in [0.15, 0.2) is 0 Å². The summed E-state index contributed by atoms with van der Waals surface area (Å²) in [5.41, 5.74) is 0. The van der Waals surface area contributed by atoms with Gasteiger partial charge in [0.2, 0.25) is 5.91 Å². The molecule has 0 unspecified atom stereocenters. The summed E-state index contributed by atoms with van der Waals surface area (Å²) < 4.78 is 18.9. The smallest absolute Gasteiger partial charge is 0.232 e. The number of amides is 1. The fourth-order valence-electron chi connectivity index (χ4n) is 2.28. The largest absolute Gasteiger partial charge is 0.394 e. The molecule has 1 N–H and O–H groups in total. The van der Waals surface area contributed by atoms with Gasteiger partial charge in [0.1, 0.15) is 5.82 Å². The number of halogens is 1. The van der Waals surface area contributed by atoms with Crippen LogP contribution in [-0.4, -0.2) is 54.1 Å². The SMILES string of the molecule is O=C(CSc1ccccc1F)N1CCC(OCCO)CC1. The first-order valence-corrected chi connectivity index (χ1v) is 8.07. The standard InChI is InChI=1S/C15H20FNO3S/c16-13-3-1-2-4-14(13)21-11-15(19)17-7-5-12(6-8-17)20-10-9-18/h1-4,12,18H,5-11H2. The average molecular weight is 313 g/mol. The lowest BCUT2D eigenvalue weighted by Crippen LogP contribution is -2.41. The summed E-state index contributed by atoms with van der Waals surface area (Å²) in [5, 5.41) is 8.71. The molecule has 0 spiro atoms. The zero-order chi connectivity index (χ0) is 15.1. The van der Waals surface area contributed by atoms with Crippen LogP contribution in [0.4, 0.5) is 4.39 Å². The van der Waals surface area contributed by atoms with E-state index >= 15 is 0 Å². The fraction of sp³-hybridized carbons (Fsp3) is 0.533. The van der Waals surface area contributed by atoms with Gasteiger partial charge in [-0.05, 0) is 25.0 Å². The molecule has 1 fully saturated rings. The minimum absolute atomic E-state index is 0.0262. The molecule has 1 aromatic carbocycles. The second kappa shape index (κ2) is 8.36. The van der Waals surface area contributed by atoms with Gasteiger partial charge >= 0.3 is 0 Å². The molecular formula is C15H20FNO3S. The monoisotopic (exact) mass is 313 g/mol. The second-order valence-corrected chi connectivity index (χ2v) is 5.91. The maximum absolute atomic E-state index is 13.5. The Balaban J connectivity index is 1.74. The van der Waals surface area contributed by atoms with Gasteiger partial charge in [-0.15, -0.1) is 11.8 Å². The molecule has 0 aliphatic carbocycles. The van der Waals surface area contributed by atoms with Crippen LogP contribution in [0.2, 0.25) is 0 Å². The Morgan fingerprint density at radius 3 is 2.76 bits per heavy atom. The quantitative estimate of drug-likeness (QED) is 0.815. The summed E-state index contributed by atoms with van der Waals surface area (Å²) in [6.07, 6.45) is 1.70. The number of benzene rings is 1. The van der Waals surface area contributed by atoms with Crippen LogP contribution >= 0.6 is 11.8 Å². The Bertz CT molecular complexity index is 464. The molecule has 0 atom stereocenters. The summed E-state index contributed by atoms with van der Waals surface area (Å²) in [5.74, 6) is -0.00130. The van der Waals surface area contributed by atoms with Gasteiger partial charge in [0.25, 0.3) is 0 Å². The highest BCUT2D eigenvalue weighted by atomic mass is 32.2. The first-order chi connectivity index (χ1) is 10.2. The Morgan fingerprint density at radius 2 is 2.10 bits per heavy atom. The van der Waals surface area contributed by atoms with Crippen molar-refractivity contribution in [3.8, 4) is 0 Å². The molecular weight excluding hydrogens is 293 g/mol. The van der Waals surface area contributed by atoms with Gasteiger partial charge < -0.3 is 14.7 Å². The van der Waals surface area contributed by atoms with Crippen molar-refractivity contribution in [2.75, 3.05) is 32.1 Å². The van der Waals surface area contributed by atoms with Crippen molar-refractivity contribution in [1.82, 2.24) is 4.90 Å². The Morgan fingerprint density at radius 1 is 1.38 bits per heavy atom. The van der Waals surface area contributed by atoms with E-state index < -0.39 is 0 Å². The lowest BCUT2D eigenvalue weighted by atomic mass is 10.1. The van der Waals surface area contributed by atoms with Crippen LogP contribution in [0.25, 0.3) is 0 Å². The van der Waals surface area contributed by atoms with Crippen molar-refractivity contribution in [3.63, 3.8) is 0 Å². The van der Waals surface area contributed by atoms with Gasteiger partial charge in [0, 0.05) is 18.0 Å². The molecule has 0 radical (unpaired) electrons. The third-order valence-electron chi connectivity index (χ3n) is 3.43. The summed E-state index contributed by atoms with van der Waals surface area (Å²) in [4.78, 5) is 14.4. The minimum atomic E-state index is -0.286. The van der Waals surface area contributed by atoms with Crippen molar-refractivity contribution in [2.24, 2.45) is 0 Å². The van der Waals surface area contributed by atoms with Crippen molar-refractivity contribution in [1.29, 1.82) is 0 Å². The number of ether oxygens (including phenoxy) is 1. The third-order valence-corrected chi connectivity index (χ3v) is 4.46. The molecule has 0 saturated carbocycles. The highest BCUT2D eigenvalue weighted by Gasteiger charge is 2.23. The molecule has 1 aliphatic heterocycles. The van der Waals surface area contributed by atoms with Gasteiger partial charge in [0.05, 0.1) is 25.1 Å². The second-order valence-electron chi connectivity index (χ2n) is 4.89. The average Bonchev–Trinajstić information content (AvgIpc) is 2.52. The molecule has 0 bridgehead atoms. The topological polar surface area (TPSA) is 49.8 Å². The Kier molecular flexibility index (Phi) is 6.48. The molecule has 21 heavy (non-hydrogen) atoms. The van der Waals surface area contributed by atoms with Crippen LogP contribution in [-0.2, 0) is 9.53 Å². The number of carbonyl (C=O) groups is 1. The molecule has 0 aromatic heterocycles. The maximum atomic E-state index is 13.5. The van der Waals surface area contributed by atoms with Crippen molar-refractivity contribution >= 4 is 17.7 Å². The highest BCUT2D eigenvalue weighted by Crippen LogP contribution is 2.22. The molecule has 4 nitrogen and oxygen atoms in total. The molecule has 116 valence electrons. The van der Waals surface area contributed by atoms with Crippen LogP contribution in [0.3, 0.4) is 0 Å². The fourth-order valence-corrected chi connectivity index (χ4v) is 3.13. The first kappa shape index (κ1) is 16.3. The Labute approximate surface area is 128 Å². The molecule has 1 aliphatic rings. The van der Waals surface area contributed by atoms with E-state index in [-0.39, 0.29) is 30.2 Å². The minimum Gasteiger partial charge on any atom is -0.394 e. The summed E-state index contributed by atoms with van der Waals surface area (Å²) in [6, 6.07) is 6.48. The van der Waals surface area contributed by atoms with E-state index in [0.29, 0.717) is 24.6 Å². The van der Waals surface area contributed by atoms with E-state index in [9.17, 15) is 9.18 Å². The van der Waals surface area contributed by atoms with Crippen LogP contribution in [0.5, 0.6) is 0 Å². The van der Waals surface area contributed by atoms with Gasteiger partial charge in [-0.3, -0.25) is 4.79 Å². The zero-order valence-electron chi connectivity index (χ0n) is 11.8. The van der Waals surface area contributed by atoms with E-state index in [1.165, 1.54) is 17.8 Å². The van der Waals surface area contributed by atoms with E-state index in [1.807, 2.05) is 0 Å². The first-order valence-electron chi connectivity index (χ1n) is 7.08. The normalized spacial score (nSPS) is 16.2. The third kappa shape index (κ3) is 4.98. The molecule has 6 heteroatoms. The Hall–Kier alpha value is -1.11. The van der Waals surface area contributed by atoms with Crippen LogP contribution in [0, 0.1) is 5.82 Å². The number of thioether (sulfide) groups is 1. The number of nitrogens with zero attached hydrogens (tertiary/aromatic N) is 1. The van der Waals surface area contributed by atoms with Crippen molar-refractivity contribution in [3.05, 3.63) is 30.1 Å². The van der Waals surface area contributed by atoms with Crippen LogP contribution in [0.15, 0.2) is 29.2 Å². The van der Waals surface area contributed by atoms with E-state index in [0.717, 1.165) is 12.8 Å². The zero-order valence-corrected chi connectivity index (χ0v) is 12.7. The number of rotatable bonds is 6. The van der Waals surface area contributed by atoms with Crippen LogP contribution < -0.4 is 0 Å². The highest BCUT2D eigenvalue weighted by molar-refractivity contribution is 8.00. The maximum Gasteiger partial charge on any atom is 0.232 e. The summed E-state index contributed by atoms with van der Waals surface area (Å²) >= 11 is 1.23. The predicted molar refractivity (Wildman–Crippen MR) is 79.8 cm³/mol. The van der Waals surface area contributed by atoms with E-state index in [1.54, 1.807) is 23.1 Å². The number of hydrogen-bond donors (Lipinski definition) is 1. The number of likely N-dealkylation sites (tertiary alicyclic amines) is 1. The number of aliphatic hydroxyl groups is 1. The van der Waals surface area contributed by atoms with Crippen LogP contribution in [0.1, 0.15) is 12.8 Å². The lowest BCUT2D eigenvalue weighted by Gasteiger charge is -2.31. The lowest BCUT2D eigenvalue weighted by molar-refractivity contribution is -0.131. The van der Waals surface area contributed by atoms with Crippen molar-refractivity contribution in [2.45, 2.75) is 23.8 Å². The molecule has 1 saturated heterocycles. The van der Waals surface area contributed by atoms with Gasteiger partial charge in [-0.1, -0.05) is 12.1 Å². The van der Waals surface area contributed by atoms with E-state index in [2.05, 4.69) is 0 Å². The number of piperidine rings is 1. The summed E-state index contributed by atoms with van der Waals surface area (Å²) in [7, 11) is 0. The molecule has 1 amide bonds. The van der Waals surface area contributed by atoms with Gasteiger partial charge in [-0.2, -0.15) is 0 Å². The number of hydrogen-bond acceptors (Lipinski definition) is 4. The number of carbonyl (C=O) groups excluding carboxylic acids is 1. The summed E-state index contributed by atoms with van der Waals surface area (Å²) in [6.45, 7) is 1.69. The van der Waals surface area contributed by atoms with E-state index in [4.69, 9.17) is 9.84 Å². The number of aliphatic hydroxyl groups excluding tert-OH is 1. The van der Waals surface area contributed by atoms with Gasteiger partial charge in [-0.25, -0.2) is 4.39 Å². The predicted octanol–water partition coefficient (Wildman–Crippen LogP) is 1.92.